The van der Waals surface area contributed by atoms with Gasteiger partial charge in [0.25, 0.3) is 0 Å². The average molecular weight is 475 g/mol. The number of nitrogens with zero attached hydrogens (tertiary/aromatic N) is 3. The van der Waals surface area contributed by atoms with Crippen LogP contribution in [-0.2, 0) is 24.5 Å². The van der Waals surface area contributed by atoms with E-state index in [0.717, 1.165) is 11.3 Å². The van der Waals surface area contributed by atoms with Crippen molar-refractivity contribution in [3.63, 3.8) is 0 Å². The highest BCUT2D eigenvalue weighted by atomic mass is 16.5. The molecule has 0 saturated carbocycles. The molecular weight excluding hydrogens is 444 g/mol. The van der Waals surface area contributed by atoms with Crippen molar-refractivity contribution in [1.29, 1.82) is 0 Å². The summed E-state index contributed by atoms with van der Waals surface area (Å²) in [5, 5.41) is 7.39. The highest BCUT2D eigenvalue weighted by Gasteiger charge is 2.53. The summed E-state index contributed by atoms with van der Waals surface area (Å²) in [5.41, 5.74) is 1.21. The maximum absolute atomic E-state index is 13.6. The third kappa shape index (κ3) is 5.17. The zero-order valence-corrected chi connectivity index (χ0v) is 20.0. The Balaban J connectivity index is 1.51. The van der Waals surface area contributed by atoms with Gasteiger partial charge in [0.15, 0.2) is 0 Å². The zero-order chi connectivity index (χ0) is 24.8. The highest BCUT2D eigenvalue weighted by Crippen LogP contribution is 2.40. The third-order valence-corrected chi connectivity index (χ3v) is 6.43. The minimum atomic E-state index is -1.22. The molecule has 0 aliphatic carbocycles. The molecule has 2 unspecified atom stereocenters. The molecule has 1 aliphatic heterocycles. The van der Waals surface area contributed by atoms with Crippen molar-refractivity contribution in [1.82, 2.24) is 20.0 Å². The predicted octanol–water partition coefficient (Wildman–Crippen LogP) is 3.17. The molecule has 3 amide bonds. The van der Waals surface area contributed by atoms with E-state index < -0.39 is 5.41 Å². The topological polar surface area (TPSA) is 93.5 Å². The first-order valence-electron chi connectivity index (χ1n) is 11.7. The molecule has 1 fully saturated rings. The van der Waals surface area contributed by atoms with Gasteiger partial charge in [0.05, 0.1) is 23.3 Å². The van der Waals surface area contributed by atoms with Gasteiger partial charge in [0, 0.05) is 44.9 Å². The van der Waals surface area contributed by atoms with Crippen LogP contribution in [-0.4, -0.2) is 52.7 Å². The molecular formula is C27H30N4O4. The van der Waals surface area contributed by atoms with Gasteiger partial charge in [0.1, 0.15) is 0 Å². The molecule has 8 nitrogen and oxygen atoms in total. The molecule has 1 saturated heterocycles. The summed E-state index contributed by atoms with van der Waals surface area (Å²) in [6.07, 6.45) is 3.99. The van der Waals surface area contributed by atoms with Crippen LogP contribution in [0.2, 0.25) is 0 Å². The number of hydrogen-bond donors (Lipinski definition) is 1. The van der Waals surface area contributed by atoms with Gasteiger partial charge < -0.3 is 10.1 Å². The number of hydrogen-bond acceptors (Lipinski definition) is 5. The molecule has 2 aromatic carbocycles. The fraction of sp³-hybridized carbons (Fsp3) is 0.333. The third-order valence-electron chi connectivity index (χ3n) is 6.43. The summed E-state index contributed by atoms with van der Waals surface area (Å²) < 4.78 is 6.82. The van der Waals surface area contributed by atoms with Gasteiger partial charge >= 0.3 is 0 Å². The van der Waals surface area contributed by atoms with Crippen LogP contribution in [0, 0.1) is 0 Å². The van der Waals surface area contributed by atoms with Gasteiger partial charge in [-0.05, 0) is 31.0 Å². The quantitative estimate of drug-likeness (QED) is 0.360. The number of rotatable bonds is 10. The first kappa shape index (κ1) is 24.3. The van der Waals surface area contributed by atoms with E-state index >= 15 is 0 Å². The van der Waals surface area contributed by atoms with Crippen LogP contribution in [0.3, 0.4) is 0 Å². The van der Waals surface area contributed by atoms with Crippen LogP contribution in [0.4, 0.5) is 0 Å². The molecule has 0 spiro atoms. The van der Waals surface area contributed by atoms with E-state index in [4.69, 9.17) is 4.74 Å². The van der Waals surface area contributed by atoms with Crippen molar-refractivity contribution in [2.45, 2.75) is 37.6 Å². The van der Waals surface area contributed by atoms with Gasteiger partial charge in [-0.25, -0.2) is 4.68 Å². The van der Waals surface area contributed by atoms with Gasteiger partial charge in [-0.15, -0.1) is 0 Å². The van der Waals surface area contributed by atoms with Crippen LogP contribution in [0.1, 0.15) is 43.4 Å². The van der Waals surface area contributed by atoms with E-state index in [9.17, 15) is 14.4 Å². The first-order chi connectivity index (χ1) is 16.9. The summed E-state index contributed by atoms with van der Waals surface area (Å²) in [7, 11) is 1.58. The van der Waals surface area contributed by atoms with Gasteiger partial charge in [-0.3, -0.25) is 19.3 Å². The normalized spacial score (nSPS) is 18.6. The van der Waals surface area contributed by atoms with Crippen LogP contribution >= 0.6 is 0 Å². The predicted molar refractivity (Wildman–Crippen MR) is 131 cm³/mol. The minimum Gasteiger partial charge on any atom is -0.385 e. The summed E-state index contributed by atoms with van der Waals surface area (Å²) >= 11 is 0. The Bertz CT molecular complexity index is 1180. The molecule has 2 heterocycles. The largest absolute Gasteiger partial charge is 0.385 e. The lowest BCUT2D eigenvalue weighted by Crippen LogP contribution is -2.43. The number of carbonyl (C=O) groups is 3. The Labute approximate surface area is 204 Å². The SMILES string of the molecule is COCCCN1C(=O)CC(CC(=O)NC(C)c2cnn(-c3ccccc3)c2)(c2ccccc2)C1=O. The van der Waals surface area contributed by atoms with Crippen LogP contribution in [0.15, 0.2) is 73.1 Å². The van der Waals surface area contributed by atoms with E-state index in [2.05, 4.69) is 10.4 Å². The molecule has 0 radical (unpaired) electrons. The second-order valence-electron chi connectivity index (χ2n) is 8.84. The number of aromatic nitrogens is 2. The summed E-state index contributed by atoms with van der Waals surface area (Å²) in [6, 6.07) is 18.5. The zero-order valence-electron chi connectivity index (χ0n) is 20.0. The highest BCUT2D eigenvalue weighted by molar-refractivity contribution is 6.10. The number of carbonyl (C=O) groups excluding carboxylic acids is 3. The Hall–Kier alpha value is -3.78. The molecule has 182 valence electrons. The number of methoxy groups -OCH3 is 1. The molecule has 35 heavy (non-hydrogen) atoms. The van der Waals surface area contributed by atoms with Gasteiger partial charge in [-0.2, -0.15) is 5.10 Å². The van der Waals surface area contributed by atoms with E-state index in [1.165, 1.54) is 4.90 Å². The van der Waals surface area contributed by atoms with Crippen LogP contribution in [0.5, 0.6) is 0 Å². The smallest absolute Gasteiger partial charge is 0.240 e. The molecule has 2 atom stereocenters. The second-order valence-corrected chi connectivity index (χ2v) is 8.84. The van der Waals surface area contributed by atoms with Crippen molar-refractivity contribution in [2.75, 3.05) is 20.3 Å². The summed E-state index contributed by atoms with van der Waals surface area (Å²) in [5.74, 6) is -0.891. The number of amides is 3. The number of benzene rings is 2. The van der Waals surface area contributed by atoms with Gasteiger partial charge in [0.2, 0.25) is 17.7 Å². The Morgan fingerprint density at radius 3 is 2.49 bits per heavy atom. The van der Waals surface area contributed by atoms with E-state index in [1.807, 2.05) is 73.8 Å². The van der Waals surface area contributed by atoms with Crippen molar-refractivity contribution in [2.24, 2.45) is 0 Å². The molecule has 1 aliphatic rings. The van der Waals surface area contributed by atoms with Crippen molar-refractivity contribution in [3.8, 4) is 5.69 Å². The Morgan fingerprint density at radius 2 is 1.80 bits per heavy atom. The minimum absolute atomic E-state index is 0.0312. The number of likely N-dealkylation sites (tertiary alicyclic amines) is 1. The van der Waals surface area contributed by atoms with E-state index in [-0.39, 0.29) is 43.1 Å². The standard InChI is InChI=1S/C27H30N4O4/c1-20(21-18-28-31(19-21)23-12-7-4-8-13-23)29-24(32)16-27(22-10-5-3-6-11-22)17-25(33)30(26(27)34)14-9-15-35-2/h3-8,10-13,18-20H,9,14-17H2,1-2H3,(H,29,32). The lowest BCUT2D eigenvalue weighted by molar-refractivity contribution is -0.141. The first-order valence-corrected chi connectivity index (χ1v) is 11.7. The monoisotopic (exact) mass is 474 g/mol. The number of para-hydroxylation sites is 1. The number of imide groups is 1. The molecule has 3 aromatic rings. The average Bonchev–Trinajstić information content (AvgIpc) is 3.45. The van der Waals surface area contributed by atoms with E-state index in [1.54, 1.807) is 18.0 Å². The maximum Gasteiger partial charge on any atom is 0.240 e. The lowest BCUT2D eigenvalue weighted by Gasteiger charge is -2.27. The van der Waals surface area contributed by atoms with Crippen molar-refractivity contribution >= 4 is 17.7 Å². The number of nitrogens with one attached hydrogen (secondary N) is 1. The molecule has 4 rings (SSSR count). The van der Waals surface area contributed by atoms with Crippen molar-refractivity contribution < 1.29 is 19.1 Å². The van der Waals surface area contributed by atoms with Crippen LogP contribution < -0.4 is 5.32 Å². The molecule has 0 bridgehead atoms. The molecule has 8 heteroatoms. The summed E-state index contributed by atoms with van der Waals surface area (Å²) in [6.45, 7) is 2.60. The summed E-state index contributed by atoms with van der Waals surface area (Å²) in [4.78, 5) is 40.9. The lowest BCUT2D eigenvalue weighted by atomic mass is 9.75. The van der Waals surface area contributed by atoms with Crippen LogP contribution in [0.25, 0.3) is 5.69 Å². The Morgan fingerprint density at radius 1 is 1.11 bits per heavy atom. The second kappa shape index (κ2) is 10.7. The number of ether oxygens (including phenoxy) is 1. The van der Waals surface area contributed by atoms with Gasteiger partial charge in [-0.1, -0.05) is 48.5 Å². The van der Waals surface area contributed by atoms with Crippen molar-refractivity contribution in [3.05, 3.63) is 84.2 Å². The fourth-order valence-corrected chi connectivity index (χ4v) is 4.55. The molecule has 1 aromatic heterocycles. The maximum atomic E-state index is 13.6. The Kier molecular flexibility index (Phi) is 7.41. The van der Waals surface area contributed by atoms with E-state index in [0.29, 0.717) is 18.6 Å². The molecule has 1 N–H and O–H groups in total. The fourth-order valence-electron chi connectivity index (χ4n) is 4.55.